The van der Waals surface area contributed by atoms with Crippen molar-refractivity contribution < 1.29 is 0 Å². The van der Waals surface area contributed by atoms with Crippen LogP contribution in [-0.2, 0) is 5.88 Å². The molecule has 0 N–H and O–H groups in total. The zero-order valence-electron chi connectivity index (χ0n) is 10.4. The predicted molar refractivity (Wildman–Crippen MR) is 72.2 cm³/mol. The van der Waals surface area contributed by atoms with E-state index in [1.54, 1.807) is 11.3 Å². The van der Waals surface area contributed by atoms with Gasteiger partial charge in [-0.05, 0) is 26.9 Å². The first-order valence-corrected chi connectivity index (χ1v) is 7.31. The molecule has 0 radical (unpaired) electrons. The van der Waals surface area contributed by atoms with Gasteiger partial charge in [-0.3, -0.25) is 4.90 Å². The maximum Gasteiger partial charge on any atom is 0.110 e. The van der Waals surface area contributed by atoms with Crippen molar-refractivity contribution in [1.82, 2.24) is 9.88 Å². The number of nitrogens with zero attached hydrogens (tertiary/aromatic N) is 2. The first-order valence-electron chi connectivity index (χ1n) is 5.89. The summed E-state index contributed by atoms with van der Waals surface area (Å²) >= 11 is 7.47. The summed E-state index contributed by atoms with van der Waals surface area (Å²) in [5.74, 6) is 0.517. The van der Waals surface area contributed by atoms with Gasteiger partial charge in [-0.1, -0.05) is 19.8 Å². The smallest absolute Gasteiger partial charge is 0.110 e. The van der Waals surface area contributed by atoms with E-state index in [-0.39, 0.29) is 0 Å². The second-order valence-corrected chi connectivity index (χ2v) is 5.33. The summed E-state index contributed by atoms with van der Waals surface area (Å²) in [4.78, 5) is 6.89. The molecule has 0 fully saturated rings. The molecule has 16 heavy (non-hydrogen) atoms. The average Bonchev–Trinajstić information content (AvgIpc) is 2.76. The lowest BCUT2D eigenvalue weighted by atomic mass is 10.2. The fourth-order valence-electron chi connectivity index (χ4n) is 1.57. The molecule has 1 atom stereocenters. The third kappa shape index (κ3) is 4.04. The summed E-state index contributed by atoms with van der Waals surface area (Å²) in [6.45, 7) is 5.59. The van der Waals surface area contributed by atoms with E-state index in [9.17, 15) is 0 Å². The SMILES string of the molecule is CCCCCN(C)C(C)c1nc(CCl)cs1. The van der Waals surface area contributed by atoms with E-state index in [1.807, 2.05) is 0 Å². The quantitative estimate of drug-likeness (QED) is 0.543. The van der Waals surface area contributed by atoms with Crippen LogP contribution in [0.2, 0.25) is 0 Å². The zero-order valence-corrected chi connectivity index (χ0v) is 11.9. The molecule has 4 heteroatoms. The molecule has 1 aromatic heterocycles. The Hall–Kier alpha value is -0.120. The molecule has 0 aromatic carbocycles. The van der Waals surface area contributed by atoms with Gasteiger partial charge in [0, 0.05) is 5.38 Å². The number of aromatic nitrogens is 1. The largest absolute Gasteiger partial charge is 0.297 e. The van der Waals surface area contributed by atoms with Crippen LogP contribution in [0.4, 0.5) is 0 Å². The fourth-order valence-corrected chi connectivity index (χ4v) is 2.74. The van der Waals surface area contributed by atoms with Crippen LogP contribution in [0.15, 0.2) is 5.38 Å². The van der Waals surface area contributed by atoms with Gasteiger partial charge < -0.3 is 0 Å². The number of hydrogen-bond donors (Lipinski definition) is 0. The molecule has 1 aromatic rings. The van der Waals surface area contributed by atoms with Gasteiger partial charge in [0.25, 0.3) is 0 Å². The molecule has 0 saturated carbocycles. The highest BCUT2D eigenvalue weighted by Gasteiger charge is 2.14. The van der Waals surface area contributed by atoms with Crippen LogP contribution in [0, 0.1) is 0 Å². The van der Waals surface area contributed by atoms with Crippen molar-refractivity contribution in [2.24, 2.45) is 0 Å². The van der Waals surface area contributed by atoms with Crippen LogP contribution >= 0.6 is 22.9 Å². The van der Waals surface area contributed by atoms with Crippen LogP contribution in [0.25, 0.3) is 0 Å². The molecular weight excluding hydrogens is 240 g/mol. The minimum atomic E-state index is 0.402. The highest BCUT2D eigenvalue weighted by Crippen LogP contribution is 2.23. The summed E-state index contributed by atoms with van der Waals surface area (Å²) in [6, 6.07) is 0.402. The molecule has 2 nitrogen and oxygen atoms in total. The average molecular weight is 261 g/mol. The molecule has 0 saturated heterocycles. The van der Waals surface area contributed by atoms with Crippen LogP contribution in [-0.4, -0.2) is 23.5 Å². The lowest BCUT2D eigenvalue weighted by Gasteiger charge is -2.22. The maximum absolute atomic E-state index is 5.76. The van der Waals surface area contributed by atoms with E-state index in [1.165, 1.54) is 24.3 Å². The van der Waals surface area contributed by atoms with Crippen LogP contribution in [0.5, 0.6) is 0 Å². The van der Waals surface area contributed by atoms with Crippen LogP contribution < -0.4 is 0 Å². The van der Waals surface area contributed by atoms with Gasteiger partial charge in [0.15, 0.2) is 0 Å². The third-order valence-electron chi connectivity index (χ3n) is 2.84. The Morgan fingerprint density at radius 1 is 1.50 bits per heavy atom. The Balaban J connectivity index is 2.45. The third-order valence-corrected chi connectivity index (χ3v) is 4.18. The van der Waals surface area contributed by atoms with Crippen molar-refractivity contribution in [3.05, 3.63) is 16.1 Å². The van der Waals surface area contributed by atoms with E-state index in [4.69, 9.17) is 11.6 Å². The van der Waals surface area contributed by atoms with E-state index in [2.05, 4.69) is 36.2 Å². The van der Waals surface area contributed by atoms with Crippen molar-refractivity contribution in [2.75, 3.05) is 13.6 Å². The van der Waals surface area contributed by atoms with Gasteiger partial charge in [0.1, 0.15) is 5.01 Å². The second-order valence-electron chi connectivity index (χ2n) is 4.17. The van der Waals surface area contributed by atoms with Gasteiger partial charge in [0.05, 0.1) is 17.6 Å². The summed E-state index contributed by atoms with van der Waals surface area (Å²) in [6.07, 6.45) is 3.85. The number of unbranched alkanes of at least 4 members (excludes halogenated alkanes) is 2. The first-order chi connectivity index (χ1) is 7.69. The van der Waals surface area contributed by atoms with E-state index in [0.29, 0.717) is 11.9 Å². The lowest BCUT2D eigenvalue weighted by Crippen LogP contribution is -2.23. The molecular formula is C12H21ClN2S. The van der Waals surface area contributed by atoms with Crippen molar-refractivity contribution in [1.29, 1.82) is 0 Å². The molecule has 1 heterocycles. The van der Waals surface area contributed by atoms with Crippen LogP contribution in [0.1, 0.15) is 49.9 Å². The Bertz CT molecular complexity index is 301. The summed E-state index contributed by atoms with van der Waals surface area (Å²) < 4.78 is 0. The monoisotopic (exact) mass is 260 g/mol. The van der Waals surface area contributed by atoms with Gasteiger partial charge in [0.2, 0.25) is 0 Å². The Morgan fingerprint density at radius 3 is 2.81 bits per heavy atom. The summed E-state index contributed by atoms with van der Waals surface area (Å²) in [5, 5.41) is 3.23. The Kier molecular flexibility index (Phi) is 6.32. The molecule has 1 unspecified atom stereocenters. The maximum atomic E-state index is 5.76. The zero-order chi connectivity index (χ0) is 12.0. The Morgan fingerprint density at radius 2 is 2.25 bits per heavy atom. The molecule has 0 amide bonds. The second kappa shape index (κ2) is 7.25. The van der Waals surface area contributed by atoms with Crippen molar-refractivity contribution in [3.63, 3.8) is 0 Å². The molecule has 0 aliphatic carbocycles. The molecule has 0 aliphatic heterocycles. The minimum Gasteiger partial charge on any atom is -0.297 e. The number of rotatable bonds is 7. The van der Waals surface area contributed by atoms with E-state index < -0.39 is 0 Å². The number of hydrogen-bond acceptors (Lipinski definition) is 3. The fraction of sp³-hybridized carbons (Fsp3) is 0.750. The van der Waals surface area contributed by atoms with E-state index in [0.717, 1.165) is 12.2 Å². The van der Waals surface area contributed by atoms with Gasteiger partial charge >= 0.3 is 0 Å². The summed E-state index contributed by atoms with van der Waals surface area (Å²) in [5.41, 5.74) is 0.996. The topological polar surface area (TPSA) is 16.1 Å². The Labute approximate surface area is 108 Å². The lowest BCUT2D eigenvalue weighted by molar-refractivity contribution is 0.255. The summed E-state index contributed by atoms with van der Waals surface area (Å²) in [7, 11) is 2.17. The standard InChI is InChI=1S/C12H21ClN2S/c1-4-5-6-7-15(3)10(2)12-14-11(8-13)9-16-12/h9-10H,4-8H2,1-3H3. The van der Waals surface area contributed by atoms with Crippen molar-refractivity contribution >= 4 is 22.9 Å². The van der Waals surface area contributed by atoms with Gasteiger partial charge in [-0.15, -0.1) is 22.9 Å². The molecule has 0 spiro atoms. The van der Waals surface area contributed by atoms with Gasteiger partial charge in [-0.2, -0.15) is 0 Å². The highest BCUT2D eigenvalue weighted by atomic mass is 35.5. The molecule has 0 bridgehead atoms. The van der Waals surface area contributed by atoms with Crippen LogP contribution in [0.3, 0.4) is 0 Å². The number of alkyl halides is 1. The molecule has 92 valence electrons. The van der Waals surface area contributed by atoms with E-state index >= 15 is 0 Å². The van der Waals surface area contributed by atoms with Gasteiger partial charge in [-0.25, -0.2) is 4.98 Å². The number of thiazole rings is 1. The highest BCUT2D eigenvalue weighted by molar-refractivity contribution is 7.09. The number of halogens is 1. The van der Waals surface area contributed by atoms with Crippen molar-refractivity contribution in [3.8, 4) is 0 Å². The van der Waals surface area contributed by atoms with Crippen molar-refractivity contribution in [2.45, 2.75) is 45.0 Å². The normalized spacial score (nSPS) is 13.3. The first kappa shape index (κ1) is 13.9. The molecule has 1 rings (SSSR count). The molecule has 0 aliphatic rings. The predicted octanol–water partition coefficient (Wildman–Crippen LogP) is 4.06. The minimum absolute atomic E-state index is 0.402.